The van der Waals surface area contributed by atoms with Crippen LogP contribution >= 0.6 is 23.2 Å². The third kappa shape index (κ3) is 6.63. The number of aromatic nitrogens is 6. The summed E-state index contributed by atoms with van der Waals surface area (Å²) < 4.78 is 42.7. The summed E-state index contributed by atoms with van der Waals surface area (Å²) in [6.07, 6.45) is -6.70. The van der Waals surface area contributed by atoms with Crippen LogP contribution in [0.1, 0.15) is 18.7 Å². The molecule has 3 heterocycles. The molecule has 0 spiro atoms. The van der Waals surface area contributed by atoms with Crippen LogP contribution < -0.4 is 16.3 Å². The number of nitrogens with one attached hydrogen (secondary N) is 2. The molecule has 1 aliphatic heterocycles. The number of hydrogen-bond acceptors (Lipinski definition) is 8. The van der Waals surface area contributed by atoms with Crippen molar-refractivity contribution in [3.05, 3.63) is 74.9 Å². The number of piperidine rings is 1. The fourth-order valence-corrected chi connectivity index (χ4v) is 4.91. The zero-order chi connectivity index (χ0) is 30.1. The van der Waals surface area contributed by atoms with E-state index in [0.717, 1.165) is 9.25 Å². The number of aliphatic hydroxyl groups excluding tert-OH is 1. The molecule has 1 atom stereocenters. The maximum atomic E-state index is 13.3. The molecule has 11 nitrogen and oxygen atoms in total. The SMILES string of the molecule is O=c1n(Cc2nc(NCC3(O)CCNCC3)n(-c3ccccc3Cl)n2)nc(-c2ccc(Cl)cc2)n1C[C@H](O)C(F)(F)F. The van der Waals surface area contributed by atoms with Gasteiger partial charge in [-0.05, 0) is 62.3 Å². The fraction of sp³-hybridized carbons (Fsp3) is 0.385. The van der Waals surface area contributed by atoms with Crippen molar-refractivity contribution in [2.75, 3.05) is 25.0 Å². The number of halogens is 5. The van der Waals surface area contributed by atoms with Crippen LogP contribution in [0.4, 0.5) is 19.1 Å². The van der Waals surface area contributed by atoms with E-state index in [0.29, 0.717) is 47.2 Å². The molecule has 0 unspecified atom stereocenters. The van der Waals surface area contributed by atoms with E-state index in [4.69, 9.17) is 23.2 Å². The second-order valence-electron chi connectivity index (χ2n) is 9.98. The average Bonchev–Trinajstić information content (AvgIpc) is 3.49. The van der Waals surface area contributed by atoms with Gasteiger partial charge in [0.05, 0.1) is 22.9 Å². The first-order valence-electron chi connectivity index (χ1n) is 13.0. The highest BCUT2D eigenvalue weighted by Crippen LogP contribution is 2.26. The van der Waals surface area contributed by atoms with Crippen molar-refractivity contribution in [2.45, 2.75) is 43.8 Å². The van der Waals surface area contributed by atoms with Crippen LogP contribution in [-0.2, 0) is 13.1 Å². The molecule has 1 saturated heterocycles. The fourth-order valence-electron chi connectivity index (χ4n) is 4.57. The van der Waals surface area contributed by atoms with Crippen LogP contribution in [0.15, 0.2) is 53.3 Å². The van der Waals surface area contributed by atoms with E-state index < -0.39 is 30.1 Å². The largest absolute Gasteiger partial charge is 0.416 e. The summed E-state index contributed by atoms with van der Waals surface area (Å²) in [4.78, 5) is 17.8. The Morgan fingerprint density at radius 2 is 1.76 bits per heavy atom. The first-order chi connectivity index (χ1) is 19.9. The highest BCUT2D eigenvalue weighted by atomic mass is 35.5. The van der Waals surface area contributed by atoms with Gasteiger partial charge in [-0.15, -0.1) is 10.2 Å². The summed E-state index contributed by atoms with van der Waals surface area (Å²) in [5.74, 6) is 0.237. The van der Waals surface area contributed by atoms with Crippen LogP contribution in [0, 0.1) is 0 Å². The van der Waals surface area contributed by atoms with Gasteiger partial charge in [0.1, 0.15) is 6.54 Å². The minimum absolute atomic E-state index is 0.0977. The molecule has 4 aromatic rings. The quantitative estimate of drug-likeness (QED) is 0.223. The molecule has 4 N–H and O–H groups in total. The second-order valence-corrected chi connectivity index (χ2v) is 10.8. The normalized spacial score (nSPS) is 16.0. The summed E-state index contributed by atoms with van der Waals surface area (Å²) >= 11 is 12.4. The molecule has 0 saturated carbocycles. The molecule has 16 heteroatoms. The van der Waals surface area contributed by atoms with Gasteiger partial charge in [-0.3, -0.25) is 4.57 Å². The Hall–Kier alpha value is -3.43. The maximum absolute atomic E-state index is 13.3. The lowest BCUT2D eigenvalue weighted by Crippen LogP contribution is -2.46. The first kappa shape index (κ1) is 30.0. The van der Waals surface area contributed by atoms with Crippen molar-refractivity contribution in [1.29, 1.82) is 0 Å². The number of aliphatic hydroxyl groups is 2. The van der Waals surface area contributed by atoms with E-state index in [1.165, 1.54) is 28.9 Å². The molecule has 0 bridgehead atoms. The Morgan fingerprint density at radius 3 is 2.43 bits per heavy atom. The van der Waals surface area contributed by atoms with E-state index in [1.807, 2.05) is 0 Å². The number of rotatable bonds is 9. The van der Waals surface area contributed by atoms with Crippen LogP contribution in [0.25, 0.3) is 17.1 Å². The average molecular weight is 627 g/mol. The number of anilines is 1. The molecule has 1 aliphatic rings. The molecule has 5 rings (SSSR count). The van der Waals surface area contributed by atoms with Crippen molar-refractivity contribution in [1.82, 2.24) is 34.4 Å². The molecule has 0 aliphatic carbocycles. The molecule has 224 valence electrons. The van der Waals surface area contributed by atoms with Gasteiger partial charge in [0.2, 0.25) is 5.95 Å². The first-order valence-corrected chi connectivity index (χ1v) is 13.8. The number of nitrogens with zero attached hydrogens (tertiary/aromatic N) is 6. The molecule has 2 aromatic carbocycles. The highest BCUT2D eigenvalue weighted by molar-refractivity contribution is 6.32. The van der Waals surface area contributed by atoms with Crippen molar-refractivity contribution in [2.24, 2.45) is 0 Å². The van der Waals surface area contributed by atoms with Crippen molar-refractivity contribution in [3.63, 3.8) is 0 Å². The number of para-hydroxylation sites is 1. The molecule has 1 fully saturated rings. The standard InChI is InChI=1S/C26H27Cl2F3N8O3/c27-17-7-5-16(6-8-17)22-36-38(24(41)37(22)13-20(40)26(29,30)31)14-21-34-23(33-15-25(42)9-11-32-12-10-25)39(35-21)19-4-2-1-3-18(19)28/h1-8,20,32,40,42H,9-15H2,(H,33,34,35)/t20-/m0/s1. The van der Waals surface area contributed by atoms with E-state index in [1.54, 1.807) is 24.3 Å². The van der Waals surface area contributed by atoms with Crippen molar-refractivity contribution >= 4 is 29.2 Å². The van der Waals surface area contributed by atoms with Crippen molar-refractivity contribution in [3.8, 4) is 17.1 Å². The molecule has 42 heavy (non-hydrogen) atoms. The lowest BCUT2D eigenvalue weighted by atomic mass is 9.92. The smallest absolute Gasteiger partial charge is 0.388 e. The summed E-state index contributed by atoms with van der Waals surface area (Å²) in [6, 6.07) is 12.9. The number of alkyl halides is 3. The second kappa shape index (κ2) is 12.1. The topological polar surface area (TPSA) is 135 Å². The maximum Gasteiger partial charge on any atom is 0.416 e. The third-order valence-corrected chi connectivity index (χ3v) is 7.46. The van der Waals surface area contributed by atoms with Crippen LogP contribution in [0.5, 0.6) is 0 Å². The van der Waals surface area contributed by atoms with Gasteiger partial charge in [-0.2, -0.15) is 22.8 Å². The zero-order valence-electron chi connectivity index (χ0n) is 22.0. The summed E-state index contributed by atoms with van der Waals surface area (Å²) in [5, 5.41) is 36.5. The third-order valence-electron chi connectivity index (χ3n) is 6.89. The lowest BCUT2D eigenvalue weighted by Gasteiger charge is -2.32. The molecule has 0 amide bonds. The predicted molar refractivity (Wildman–Crippen MR) is 150 cm³/mol. The predicted octanol–water partition coefficient (Wildman–Crippen LogP) is 3.10. The monoisotopic (exact) mass is 626 g/mol. The highest BCUT2D eigenvalue weighted by Gasteiger charge is 2.39. The molecular formula is C26H27Cl2F3N8O3. The van der Waals surface area contributed by atoms with Gasteiger partial charge in [0.25, 0.3) is 0 Å². The Morgan fingerprint density at radius 1 is 1.07 bits per heavy atom. The van der Waals surface area contributed by atoms with Crippen LogP contribution in [0.2, 0.25) is 10.0 Å². The van der Waals surface area contributed by atoms with Gasteiger partial charge < -0.3 is 20.8 Å². The van der Waals surface area contributed by atoms with Gasteiger partial charge >= 0.3 is 11.9 Å². The minimum atomic E-state index is -4.95. The Balaban J connectivity index is 1.51. The Kier molecular flexibility index (Phi) is 8.62. The molecule has 2 aromatic heterocycles. The van der Waals surface area contributed by atoms with Gasteiger partial charge in [0, 0.05) is 17.1 Å². The lowest BCUT2D eigenvalue weighted by molar-refractivity contribution is -0.207. The molecular weight excluding hydrogens is 600 g/mol. The summed E-state index contributed by atoms with van der Waals surface area (Å²) in [7, 11) is 0. The van der Waals surface area contributed by atoms with E-state index in [9.17, 15) is 28.2 Å². The zero-order valence-corrected chi connectivity index (χ0v) is 23.5. The Labute approximate surface area is 247 Å². The summed E-state index contributed by atoms with van der Waals surface area (Å²) in [6.45, 7) is 0.106. The van der Waals surface area contributed by atoms with E-state index in [2.05, 4.69) is 25.8 Å². The molecule has 0 radical (unpaired) electrons. The number of benzene rings is 2. The minimum Gasteiger partial charge on any atom is -0.388 e. The van der Waals surface area contributed by atoms with E-state index >= 15 is 0 Å². The van der Waals surface area contributed by atoms with Gasteiger partial charge in [-0.25, -0.2) is 9.48 Å². The van der Waals surface area contributed by atoms with Crippen LogP contribution in [0.3, 0.4) is 0 Å². The van der Waals surface area contributed by atoms with Gasteiger partial charge in [-0.1, -0.05) is 35.3 Å². The van der Waals surface area contributed by atoms with Crippen LogP contribution in [-0.4, -0.2) is 76.8 Å². The number of hydrogen-bond donors (Lipinski definition) is 4. The van der Waals surface area contributed by atoms with Gasteiger partial charge in [0.15, 0.2) is 17.8 Å². The Bertz CT molecular complexity index is 1600. The van der Waals surface area contributed by atoms with E-state index in [-0.39, 0.29) is 30.7 Å². The summed E-state index contributed by atoms with van der Waals surface area (Å²) in [5.41, 5.74) is -1.09. The van der Waals surface area contributed by atoms with Crippen molar-refractivity contribution < 1.29 is 23.4 Å².